The van der Waals surface area contributed by atoms with Gasteiger partial charge in [-0.3, -0.25) is 0 Å². The van der Waals surface area contributed by atoms with Crippen molar-refractivity contribution in [1.82, 2.24) is 0 Å². The Balaban J connectivity index is 2.27. The van der Waals surface area contributed by atoms with E-state index in [1.807, 2.05) is 0 Å². The largest absolute Gasteiger partial charge is 0.494 e. The van der Waals surface area contributed by atoms with Crippen LogP contribution in [0.25, 0.3) is 0 Å². The number of hydrogen-bond donors (Lipinski definition) is 1. The van der Waals surface area contributed by atoms with Crippen LogP contribution in [0.4, 0.5) is 13.2 Å². The van der Waals surface area contributed by atoms with E-state index in [9.17, 15) is 18.3 Å². The molecule has 0 atom stereocenters. The van der Waals surface area contributed by atoms with Crippen molar-refractivity contribution in [2.45, 2.75) is 5.60 Å². The molecule has 0 aromatic heterocycles. The van der Waals surface area contributed by atoms with E-state index in [2.05, 4.69) is 0 Å². The second-order valence-electron chi connectivity index (χ2n) is 6.26. The van der Waals surface area contributed by atoms with Gasteiger partial charge in [-0.1, -0.05) is 18.2 Å². The molecule has 0 bridgehead atoms. The molecule has 0 amide bonds. The van der Waals surface area contributed by atoms with Gasteiger partial charge in [-0.05, 0) is 53.1 Å². The first-order valence-corrected chi connectivity index (χ1v) is 8.59. The van der Waals surface area contributed by atoms with Crippen LogP contribution in [0.1, 0.15) is 16.7 Å². The summed E-state index contributed by atoms with van der Waals surface area (Å²) in [4.78, 5) is 0. The van der Waals surface area contributed by atoms with Crippen LogP contribution < -0.4 is 14.2 Å². The zero-order valence-corrected chi connectivity index (χ0v) is 16.0. The summed E-state index contributed by atoms with van der Waals surface area (Å²) in [7, 11) is 3.92. The molecule has 0 aliphatic rings. The number of hydrogen-bond acceptors (Lipinski definition) is 4. The quantitative estimate of drug-likeness (QED) is 0.618. The molecule has 0 saturated heterocycles. The van der Waals surface area contributed by atoms with Gasteiger partial charge in [0, 0.05) is 0 Å². The van der Waals surface area contributed by atoms with Crippen LogP contribution in [0, 0.1) is 17.5 Å². The minimum atomic E-state index is -2.06. The van der Waals surface area contributed by atoms with Crippen molar-refractivity contribution in [2.75, 3.05) is 21.3 Å². The maximum absolute atomic E-state index is 14.4. The Labute approximate surface area is 166 Å². The molecular weight excluding hydrogens is 385 g/mol. The molecule has 7 heteroatoms. The van der Waals surface area contributed by atoms with Gasteiger partial charge in [0.25, 0.3) is 0 Å². The van der Waals surface area contributed by atoms with E-state index >= 15 is 0 Å². The lowest BCUT2D eigenvalue weighted by Crippen LogP contribution is -2.29. The normalized spacial score (nSPS) is 11.3. The summed E-state index contributed by atoms with van der Waals surface area (Å²) in [5.74, 6) is -2.28. The Morgan fingerprint density at radius 3 is 1.07 bits per heavy atom. The lowest BCUT2D eigenvalue weighted by molar-refractivity contribution is 0.124. The predicted octanol–water partition coefficient (Wildman–Crippen LogP) is 4.41. The number of benzene rings is 3. The summed E-state index contributed by atoms with van der Waals surface area (Å²) in [6.07, 6.45) is 0. The molecule has 0 aliphatic heterocycles. The molecule has 1 N–H and O–H groups in total. The van der Waals surface area contributed by atoms with E-state index in [0.717, 1.165) is 18.2 Å². The highest BCUT2D eigenvalue weighted by molar-refractivity contribution is 5.50. The van der Waals surface area contributed by atoms with Crippen LogP contribution in [0.3, 0.4) is 0 Å². The molecule has 0 unspecified atom stereocenters. The van der Waals surface area contributed by atoms with Crippen molar-refractivity contribution < 1.29 is 32.5 Å². The van der Waals surface area contributed by atoms with E-state index < -0.39 is 23.1 Å². The summed E-state index contributed by atoms with van der Waals surface area (Å²) in [6, 6.07) is 11.4. The van der Waals surface area contributed by atoms with Gasteiger partial charge in [0.15, 0.2) is 34.7 Å². The van der Waals surface area contributed by atoms with Crippen LogP contribution in [0.2, 0.25) is 0 Å². The smallest absolute Gasteiger partial charge is 0.165 e. The number of ether oxygens (including phenoxy) is 3. The fraction of sp³-hybridized carbons (Fsp3) is 0.182. The number of rotatable bonds is 6. The van der Waals surface area contributed by atoms with Gasteiger partial charge in [-0.2, -0.15) is 0 Å². The molecule has 0 heterocycles. The second-order valence-corrected chi connectivity index (χ2v) is 6.26. The van der Waals surface area contributed by atoms with E-state index in [1.54, 1.807) is 0 Å². The standard InChI is InChI=1S/C22H19F3O4/c1-27-19-7-4-13(10-16(19)23)22(26,14-5-8-20(28-2)17(24)11-14)15-6-9-21(29-3)18(25)12-15/h4-12,26H,1-3H3. The van der Waals surface area contributed by atoms with Gasteiger partial charge in [0.2, 0.25) is 0 Å². The van der Waals surface area contributed by atoms with Gasteiger partial charge < -0.3 is 19.3 Å². The molecule has 0 fully saturated rings. The summed E-state index contributed by atoms with van der Waals surface area (Å²) in [5, 5.41) is 11.7. The minimum absolute atomic E-state index is 0.0297. The zero-order chi connectivity index (χ0) is 21.2. The van der Waals surface area contributed by atoms with E-state index in [1.165, 1.54) is 57.7 Å². The first-order valence-electron chi connectivity index (χ1n) is 8.59. The Morgan fingerprint density at radius 2 is 0.862 bits per heavy atom. The first kappa shape index (κ1) is 20.5. The zero-order valence-electron chi connectivity index (χ0n) is 16.0. The average Bonchev–Trinajstić information content (AvgIpc) is 2.72. The van der Waals surface area contributed by atoms with Crippen LogP contribution in [0.5, 0.6) is 17.2 Å². The van der Waals surface area contributed by atoms with Crippen molar-refractivity contribution in [3.63, 3.8) is 0 Å². The van der Waals surface area contributed by atoms with Gasteiger partial charge in [0.05, 0.1) is 21.3 Å². The number of halogens is 3. The third-order valence-corrected chi connectivity index (χ3v) is 4.71. The molecule has 0 spiro atoms. The third-order valence-electron chi connectivity index (χ3n) is 4.71. The van der Waals surface area contributed by atoms with Crippen molar-refractivity contribution in [3.05, 3.63) is 88.7 Å². The molecule has 0 radical (unpaired) electrons. The van der Waals surface area contributed by atoms with Gasteiger partial charge in [0.1, 0.15) is 5.60 Å². The van der Waals surface area contributed by atoms with E-state index in [4.69, 9.17) is 14.2 Å². The molecule has 152 valence electrons. The minimum Gasteiger partial charge on any atom is -0.494 e. The highest BCUT2D eigenvalue weighted by atomic mass is 19.1. The van der Waals surface area contributed by atoms with Crippen LogP contribution in [-0.4, -0.2) is 26.4 Å². The fourth-order valence-electron chi connectivity index (χ4n) is 3.17. The Morgan fingerprint density at radius 1 is 0.586 bits per heavy atom. The lowest BCUT2D eigenvalue weighted by atomic mass is 9.80. The Kier molecular flexibility index (Phi) is 5.70. The SMILES string of the molecule is COc1ccc(C(O)(c2ccc(OC)c(F)c2)c2ccc(OC)c(F)c2)cc1F. The van der Waals surface area contributed by atoms with Crippen molar-refractivity contribution in [2.24, 2.45) is 0 Å². The Bertz CT molecular complexity index is 907. The highest BCUT2D eigenvalue weighted by Crippen LogP contribution is 2.40. The maximum Gasteiger partial charge on any atom is 0.165 e. The predicted molar refractivity (Wildman–Crippen MR) is 101 cm³/mol. The lowest BCUT2D eigenvalue weighted by Gasteiger charge is -2.30. The fourth-order valence-corrected chi connectivity index (χ4v) is 3.17. The molecule has 0 saturated carbocycles. The van der Waals surface area contributed by atoms with E-state index in [0.29, 0.717) is 0 Å². The average molecular weight is 404 g/mol. The van der Waals surface area contributed by atoms with Crippen molar-refractivity contribution >= 4 is 0 Å². The van der Waals surface area contributed by atoms with Crippen LogP contribution in [0.15, 0.2) is 54.6 Å². The van der Waals surface area contributed by atoms with Crippen molar-refractivity contribution in [3.8, 4) is 17.2 Å². The Hall–Kier alpha value is -3.19. The van der Waals surface area contributed by atoms with E-state index in [-0.39, 0.29) is 33.9 Å². The monoisotopic (exact) mass is 404 g/mol. The van der Waals surface area contributed by atoms with Crippen LogP contribution in [-0.2, 0) is 5.60 Å². The van der Waals surface area contributed by atoms with Gasteiger partial charge in [-0.25, -0.2) is 13.2 Å². The molecular formula is C22H19F3O4. The molecule has 29 heavy (non-hydrogen) atoms. The summed E-state index contributed by atoms with van der Waals surface area (Å²) < 4.78 is 57.9. The summed E-state index contributed by atoms with van der Waals surface area (Å²) in [6.45, 7) is 0. The first-order chi connectivity index (χ1) is 13.8. The van der Waals surface area contributed by atoms with Crippen LogP contribution >= 0.6 is 0 Å². The van der Waals surface area contributed by atoms with Gasteiger partial charge in [-0.15, -0.1) is 0 Å². The molecule has 3 rings (SSSR count). The second kappa shape index (κ2) is 8.05. The molecule has 4 nitrogen and oxygen atoms in total. The number of aliphatic hydroxyl groups is 1. The topological polar surface area (TPSA) is 47.9 Å². The third kappa shape index (κ3) is 3.61. The van der Waals surface area contributed by atoms with Gasteiger partial charge >= 0.3 is 0 Å². The number of methoxy groups -OCH3 is 3. The summed E-state index contributed by atoms with van der Waals surface area (Å²) >= 11 is 0. The molecule has 3 aromatic rings. The van der Waals surface area contributed by atoms with Crippen molar-refractivity contribution in [1.29, 1.82) is 0 Å². The molecule has 3 aromatic carbocycles. The highest BCUT2D eigenvalue weighted by Gasteiger charge is 2.36. The summed E-state index contributed by atoms with van der Waals surface area (Å²) in [5.41, 5.74) is -1.88. The molecule has 0 aliphatic carbocycles. The maximum atomic E-state index is 14.4.